The van der Waals surface area contributed by atoms with E-state index in [-0.39, 0.29) is 97.2 Å². The number of alkyl halides is 6. The van der Waals surface area contributed by atoms with Crippen LogP contribution in [0.4, 0.5) is 37.7 Å². The summed E-state index contributed by atoms with van der Waals surface area (Å²) in [6.07, 6.45) is -8.41. The van der Waals surface area contributed by atoms with Gasteiger partial charge >= 0.3 is 36.1 Å². The van der Waals surface area contributed by atoms with Gasteiger partial charge in [0.05, 0.1) is 47.9 Å². The first kappa shape index (κ1) is 65.0. The number of benzene rings is 4. The molecule has 0 saturated heterocycles. The van der Waals surface area contributed by atoms with Crippen LogP contribution in [0.15, 0.2) is 131 Å². The van der Waals surface area contributed by atoms with Gasteiger partial charge in [-0.05, 0) is 78.7 Å². The van der Waals surface area contributed by atoms with Crippen molar-refractivity contribution in [2.75, 3.05) is 9.80 Å². The molecule has 4 heterocycles. The molecule has 8 rings (SSSR count). The summed E-state index contributed by atoms with van der Waals surface area (Å²) in [7, 11) is 0. The molecule has 0 aliphatic carbocycles. The Morgan fingerprint density at radius 3 is 1.25 bits per heavy atom. The largest absolute Gasteiger partial charge is 0.508 e. The van der Waals surface area contributed by atoms with Gasteiger partial charge < -0.3 is 48.2 Å². The number of halogens is 8. The van der Waals surface area contributed by atoms with Crippen molar-refractivity contribution in [1.29, 1.82) is 0 Å². The van der Waals surface area contributed by atoms with E-state index in [1.54, 1.807) is 24.3 Å². The van der Waals surface area contributed by atoms with Crippen molar-refractivity contribution >= 4 is 92.2 Å². The van der Waals surface area contributed by atoms with Crippen molar-refractivity contribution < 1.29 is 70.4 Å². The van der Waals surface area contributed by atoms with E-state index in [1.807, 2.05) is 6.92 Å². The number of aliphatic carboxylic acids is 2. The first-order chi connectivity index (χ1) is 38.6. The molecule has 8 aromatic rings. The predicted molar refractivity (Wildman–Crippen MR) is 292 cm³/mol. The van der Waals surface area contributed by atoms with Gasteiger partial charge in [0.2, 0.25) is 0 Å². The molecule has 0 fully saturated rings. The zero-order valence-electron chi connectivity index (χ0n) is 43.3. The van der Waals surface area contributed by atoms with Crippen molar-refractivity contribution in [2.45, 2.75) is 57.3 Å². The highest BCUT2D eigenvalue weighted by molar-refractivity contribution is 6.30. The Labute approximate surface area is 478 Å². The number of H-pyrrole nitrogens is 2. The molecular formula is C53H46Cl2F6N12O11. The summed E-state index contributed by atoms with van der Waals surface area (Å²) in [5, 5.41) is 33.2. The Balaban J connectivity index is 0.000000300. The number of phenolic OH excluding ortho intramolecular Hbond substituents is 1. The number of pyridine rings is 2. The number of aromatic hydroxyl groups is 1. The molecule has 0 saturated carbocycles. The maximum atomic E-state index is 13.5. The van der Waals surface area contributed by atoms with E-state index in [0.717, 1.165) is 66.5 Å². The number of aromatic nitrogens is 6. The SMILES string of the molecule is Cc1ccc(C[C@@H](NC(=O)c2ccc(N(Cc3cnc4cc(Cl)[nH]c(=O)c4n3)C(=O)C(F)(F)F)cc2)C(=O)O)cc1.N.N.O=C(N[C@@H](Cc1ccc(O)cc1)C(=O)O)c1ccc(N(Cc2cnc3cc(Cl)[nH]c(=O)c3n2)C(=O)C(F)(F)F)cc1. The van der Waals surface area contributed by atoms with Crippen LogP contribution in [0.25, 0.3) is 22.1 Å². The molecule has 0 aliphatic heterocycles. The molecule has 0 spiro atoms. The lowest BCUT2D eigenvalue weighted by molar-refractivity contribution is -0.170. The molecule has 23 nitrogen and oxygen atoms in total. The minimum absolute atomic E-state index is 0. The van der Waals surface area contributed by atoms with Gasteiger partial charge in [0.1, 0.15) is 28.1 Å². The van der Waals surface area contributed by atoms with E-state index in [9.17, 15) is 80.0 Å². The van der Waals surface area contributed by atoms with Crippen LogP contribution in [0.5, 0.6) is 5.75 Å². The summed E-state index contributed by atoms with van der Waals surface area (Å²) >= 11 is 11.6. The number of carbonyl (C=O) groups excluding carboxylic acids is 4. The maximum Gasteiger partial charge on any atom is 0.471 e. The standard InChI is InChI=1S/C27H21ClF3N5O5.C26H19ClF3N5O6.2H3N/c1-14-2-4-15(5-3-14)10-20(25(39)40)34-23(37)16-6-8-18(9-7-16)36(26(41)27(29,30)31)13-17-12-32-19-11-21(28)35-24(38)22(19)33-17;27-20-10-18-21(23(38)34-20)32-15(11-31-18)12-35(25(41)26(28,29)30)16-5-3-14(4-6-16)22(37)33-19(24(39)40)9-13-1-7-17(36)8-2-13;;/h2-9,11-12,20H,10,13H2,1H3,(H,34,37)(H,35,38)(H,39,40);1-8,10-11,19,36H,9,12H2,(H,33,37)(H,34,38)(H,39,40);2*1H3/t20-;19-;;/m10../s1. The smallest absolute Gasteiger partial charge is 0.471 e. The third-order valence-corrected chi connectivity index (χ3v) is 12.2. The number of aromatic amines is 2. The lowest BCUT2D eigenvalue weighted by atomic mass is 10.0. The minimum Gasteiger partial charge on any atom is -0.508 e. The second-order valence-electron chi connectivity index (χ2n) is 17.7. The number of fused-ring (bicyclic) bond motifs is 2. The minimum atomic E-state index is -5.27. The number of hydrogen-bond acceptors (Lipinski definition) is 15. The van der Waals surface area contributed by atoms with Crippen molar-refractivity contribution in [3.8, 4) is 5.75 Å². The average Bonchev–Trinajstić information content (AvgIpc) is 3.25. The van der Waals surface area contributed by atoms with Crippen LogP contribution < -0.4 is 43.9 Å². The molecule has 0 unspecified atom stereocenters. The van der Waals surface area contributed by atoms with Gasteiger partial charge in [0.15, 0.2) is 11.0 Å². The molecule has 440 valence electrons. The zero-order chi connectivity index (χ0) is 59.8. The van der Waals surface area contributed by atoms with Crippen LogP contribution in [0.3, 0.4) is 0 Å². The Kier molecular flexibility index (Phi) is 21.1. The first-order valence-corrected chi connectivity index (χ1v) is 24.4. The number of aryl methyl sites for hydroxylation is 1. The van der Waals surface area contributed by atoms with E-state index < -0.39 is 84.2 Å². The topological polar surface area (TPSA) is 381 Å². The zero-order valence-corrected chi connectivity index (χ0v) is 44.8. The highest BCUT2D eigenvalue weighted by Crippen LogP contribution is 2.28. The third-order valence-electron chi connectivity index (χ3n) is 11.8. The Bertz CT molecular complexity index is 3610. The van der Waals surface area contributed by atoms with Crippen LogP contribution in [0.1, 0.15) is 48.8 Å². The van der Waals surface area contributed by atoms with Crippen molar-refractivity contribution in [2.24, 2.45) is 0 Å². The molecule has 4 aromatic carbocycles. The lowest BCUT2D eigenvalue weighted by Gasteiger charge is -2.24. The predicted octanol–water partition coefficient (Wildman–Crippen LogP) is 7.32. The molecule has 0 aliphatic rings. The van der Waals surface area contributed by atoms with Gasteiger partial charge in [0.25, 0.3) is 22.9 Å². The van der Waals surface area contributed by atoms with Gasteiger partial charge in [-0.1, -0.05) is 65.2 Å². The fourth-order valence-electron chi connectivity index (χ4n) is 7.70. The van der Waals surface area contributed by atoms with E-state index in [0.29, 0.717) is 20.9 Å². The van der Waals surface area contributed by atoms with Crippen molar-refractivity contribution in [3.63, 3.8) is 0 Å². The summed E-state index contributed by atoms with van der Waals surface area (Å²) in [5.41, 5.74) is -0.306. The number of rotatable bonds is 16. The molecule has 84 heavy (non-hydrogen) atoms. The van der Waals surface area contributed by atoms with Crippen molar-refractivity contribution in [1.82, 2.24) is 52.8 Å². The first-order valence-electron chi connectivity index (χ1n) is 23.6. The number of carboxylic acids is 2. The van der Waals surface area contributed by atoms with Crippen LogP contribution in [-0.2, 0) is 45.1 Å². The Morgan fingerprint density at radius 1 is 0.571 bits per heavy atom. The third kappa shape index (κ3) is 16.6. The molecule has 0 radical (unpaired) electrons. The van der Waals surface area contributed by atoms with E-state index in [4.69, 9.17) is 23.2 Å². The fraction of sp³-hybridized carbons (Fsp3) is 0.170. The van der Waals surface area contributed by atoms with Crippen LogP contribution in [0.2, 0.25) is 10.3 Å². The Morgan fingerprint density at radius 2 is 0.917 bits per heavy atom. The monoisotopic (exact) mass is 1210 g/mol. The maximum absolute atomic E-state index is 13.5. The van der Waals surface area contributed by atoms with E-state index >= 15 is 0 Å². The number of nitrogens with one attached hydrogen (secondary N) is 4. The molecule has 13 N–H and O–H groups in total. The normalized spacial score (nSPS) is 11.8. The van der Waals surface area contributed by atoms with Gasteiger partial charge in [0, 0.05) is 47.5 Å². The quantitative estimate of drug-likeness (QED) is 0.0338. The van der Waals surface area contributed by atoms with E-state index in [1.165, 1.54) is 36.4 Å². The van der Waals surface area contributed by atoms with Crippen LogP contribution >= 0.6 is 23.2 Å². The number of phenols is 1. The van der Waals surface area contributed by atoms with E-state index in [2.05, 4.69) is 40.5 Å². The fourth-order valence-corrected chi connectivity index (χ4v) is 8.08. The highest BCUT2D eigenvalue weighted by Gasteiger charge is 2.44. The molecule has 2 atom stereocenters. The number of hydrogen-bond donors (Lipinski definition) is 9. The summed E-state index contributed by atoms with van der Waals surface area (Å²) < 4.78 is 80.7. The molecule has 0 bridgehead atoms. The van der Waals surface area contributed by atoms with Gasteiger partial charge in [-0.3, -0.25) is 48.5 Å². The van der Waals surface area contributed by atoms with Gasteiger partial charge in [-0.25, -0.2) is 19.6 Å². The van der Waals surface area contributed by atoms with Crippen molar-refractivity contribution in [3.05, 3.63) is 192 Å². The highest BCUT2D eigenvalue weighted by atomic mass is 35.5. The molecule has 4 amide bonds. The molecular weight excluding hydrogens is 1170 g/mol. The molecule has 4 aromatic heterocycles. The lowest BCUT2D eigenvalue weighted by Crippen LogP contribution is -2.42. The number of carbonyl (C=O) groups is 6. The summed E-state index contributed by atoms with van der Waals surface area (Å²) in [6, 6.07) is 21.7. The van der Waals surface area contributed by atoms with Crippen LogP contribution in [-0.4, -0.2) is 105 Å². The second kappa shape index (κ2) is 27.3. The molecule has 31 heteroatoms. The van der Waals surface area contributed by atoms with Gasteiger partial charge in [-0.15, -0.1) is 0 Å². The number of anilines is 2. The summed E-state index contributed by atoms with van der Waals surface area (Å²) in [5.74, 6) is -8.67. The Hall–Kier alpha value is -9.84. The van der Waals surface area contributed by atoms with Crippen LogP contribution in [0, 0.1) is 6.92 Å². The average molecular weight is 1210 g/mol. The summed E-state index contributed by atoms with van der Waals surface area (Å²) in [6.45, 7) is 0.453. The number of amides is 4. The summed E-state index contributed by atoms with van der Waals surface area (Å²) in [4.78, 5) is 119. The number of nitrogens with zero attached hydrogens (tertiary/aromatic N) is 6. The number of carboxylic acid groups (broad SMARTS) is 2. The van der Waals surface area contributed by atoms with Gasteiger partial charge in [-0.2, -0.15) is 26.3 Å². The second-order valence-corrected chi connectivity index (χ2v) is 18.6.